The van der Waals surface area contributed by atoms with Crippen LogP contribution >= 0.6 is 0 Å². The summed E-state index contributed by atoms with van der Waals surface area (Å²) in [7, 11) is -3.67. The number of nitrogens with zero attached hydrogens (tertiary/aromatic N) is 1. The normalized spacial score (nSPS) is 6.00. The summed E-state index contributed by atoms with van der Waals surface area (Å²) in [6, 6.07) is 1.41. The molecule has 11 heavy (non-hydrogen) atoms. The zero-order chi connectivity index (χ0) is 8.57. The summed E-state index contributed by atoms with van der Waals surface area (Å²) >= 11 is 0. The summed E-state index contributed by atoms with van der Waals surface area (Å²) < 4.78 is 29.0. The third kappa shape index (κ3) is 88.9. The van der Waals surface area contributed by atoms with Crippen molar-refractivity contribution >= 4 is 13.5 Å². The Morgan fingerprint density at radius 2 is 1.82 bits per heavy atom. The Balaban J connectivity index is -0.000000114. The van der Waals surface area contributed by atoms with Crippen LogP contribution in [0.1, 0.15) is 6.42 Å². The Bertz CT molecular complexity index is 136. The predicted octanol–water partition coefficient (Wildman–Crippen LogP) is -3.47. The maximum absolute atomic E-state index is 9.67. The smallest absolute Gasteiger partial charge is 0.549 e. The number of carbonyl (C=O) groups is 1. The molecule has 0 spiro atoms. The minimum atomic E-state index is -3.67. The zero-order valence-corrected chi connectivity index (χ0v) is 5.68. The number of carbonyl (C=O) groups excluding carboxylic acids is 1. The van der Waals surface area contributed by atoms with Crippen LogP contribution in [0.15, 0.2) is 0 Å². The van der Waals surface area contributed by atoms with Crippen molar-refractivity contribution in [1.82, 2.24) is 0 Å². The van der Waals surface area contributed by atoms with Crippen molar-refractivity contribution in [3.05, 3.63) is 0 Å². The van der Waals surface area contributed by atoms with Gasteiger partial charge >= 0.3 is 26.4 Å². The van der Waals surface area contributed by atoms with E-state index in [2.05, 4.69) is 0 Å². The van der Waals surface area contributed by atoms with Gasteiger partial charge in [0.2, 0.25) is 0 Å². The van der Waals surface area contributed by atoms with Gasteiger partial charge in [0.05, 0.1) is 18.5 Å². The van der Waals surface area contributed by atoms with Gasteiger partial charge in [-0.2, -0.15) is 5.26 Å². The number of aliphatic carboxylic acids is 1. The quantitative estimate of drug-likeness (QED) is 0.373. The summed E-state index contributed by atoms with van der Waals surface area (Å²) in [6.07, 6.45) is -0.514. The van der Waals surface area contributed by atoms with E-state index in [1.54, 1.807) is 0 Å². The Morgan fingerprint density at radius 1 is 1.55 bits per heavy atom. The number of rotatable bonds is 1. The maximum Gasteiger partial charge on any atom is 1.00 e. The van der Waals surface area contributed by atoms with Crippen LogP contribution in [0.2, 0.25) is 0 Å². The molecule has 0 N–H and O–H groups in total. The summed E-state index contributed by atoms with van der Waals surface area (Å²) in [4.78, 5) is 9.27. The Kier molecular flexibility index (Phi) is 18.5. The number of hydrogen-bond acceptors (Lipinski definition) is 3. The van der Waals surface area contributed by atoms with E-state index in [-0.39, 0.29) is 18.9 Å². The van der Waals surface area contributed by atoms with Gasteiger partial charge in [0.15, 0.2) is 0 Å². The van der Waals surface area contributed by atoms with Crippen molar-refractivity contribution in [3.63, 3.8) is 0 Å². The van der Waals surface area contributed by atoms with E-state index in [4.69, 9.17) is 5.26 Å². The predicted molar refractivity (Wildman–Crippen MR) is 24.3 cm³/mol. The first-order valence-corrected chi connectivity index (χ1v) is 1.99. The summed E-state index contributed by atoms with van der Waals surface area (Å²) in [5.41, 5.74) is 0. The molecule has 0 aromatic carbocycles. The van der Waals surface area contributed by atoms with Crippen LogP contribution in [0.4, 0.5) is 12.9 Å². The first-order chi connectivity index (χ1) is 4.50. The molecule has 0 rings (SSSR count). The van der Waals surface area contributed by atoms with Crippen LogP contribution in [-0.2, 0) is 4.79 Å². The van der Waals surface area contributed by atoms with E-state index in [0.29, 0.717) is 0 Å². The van der Waals surface area contributed by atoms with Gasteiger partial charge in [0, 0.05) is 0 Å². The molecule has 0 aliphatic carbocycles. The molecule has 0 fully saturated rings. The second kappa shape index (κ2) is 12.1. The largest absolute Gasteiger partial charge is 1.00 e. The number of carboxylic acids is 1. The van der Waals surface area contributed by atoms with Gasteiger partial charge in [-0.05, 0) is 0 Å². The molecule has 8 heteroatoms. The van der Waals surface area contributed by atoms with Crippen LogP contribution in [0.25, 0.3) is 0 Å². The van der Waals surface area contributed by atoms with E-state index in [9.17, 15) is 22.8 Å². The molecular weight excluding hydrogens is 157 g/mol. The van der Waals surface area contributed by atoms with Crippen molar-refractivity contribution in [2.24, 2.45) is 0 Å². The molecule has 0 unspecified atom stereocenters. The molecule has 56 valence electrons. The van der Waals surface area contributed by atoms with Crippen molar-refractivity contribution < 1.29 is 41.7 Å². The van der Waals surface area contributed by atoms with E-state index < -0.39 is 19.9 Å². The number of carboxylic acid groups (broad SMARTS) is 1. The fourth-order valence-corrected chi connectivity index (χ4v) is 0.0645. The number of hydrogen-bond donors (Lipinski definition) is 0. The van der Waals surface area contributed by atoms with Crippen molar-refractivity contribution in [3.8, 4) is 6.07 Å². The molecule has 0 saturated carbocycles. The molecule has 0 bridgehead atoms. The van der Waals surface area contributed by atoms with E-state index in [1.165, 1.54) is 6.07 Å². The average Bonchev–Trinajstić information content (AvgIpc) is 1.62. The van der Waals surface area contributed by atoms with Crippen LogP contribution in [0.3, 0.4) is 0 Å². The molecule has 0 heterocycles. The average molecular weight is 159 g/mol. The first kappa shape index (κ1) is 16.8. The van der Waals surface area contributed by atoms with Gasteiger partial charge in [0.25, 0.3) is 0 Å². The molecule has 0 aliphatic heterocycles. The third-order valence-corrected chi connectivity index (χ3v) is 0.223. The van der Waals surface area contributed by atoms with Crippen molar-refractivity contribution in [2.75, 3.05) is 0 Å². The fourth-order valence-electron chi connectivity index (χ4n) is 0.0645. The monoisotopic (exact) mass is 159 g/mol. The van der Waals surface area contributed by atoms with Gasteiger partial charge in [-0.25, -0.2) is 0 Å². The topological polar surface area (TPSA) is 63.9 Å². The molecule has 0 radical (unpaired) electrons. The molecule has 0 saturated heterocycles. The molecule has 3 nitrogen and oxygen atoms in total. The zero-order valence-electron chi connectivity index (χ0n) is 5.68. The Hall–Kier alpha value is -0.588. The van der Waals surface area contributed by atoms with Gasteiger partial charge in [-0.1, -0.05) is 0 Å². The molecular formula is C3H2BF3LiNO2. The van der Waals surface area contributed by atoms with Crippen molar-refractivity contribution in [1.29, 1.82) is 5.26 Å². The van der Waals surface area contributed by atoms with Crippen LogP contribution in [0, 0.1) is 11.3 Å². The summed E-state index contributed by atoms with van der Waals surface area (Å²) in [6.45, 7) is 0. The Labute approximate surface area is 73.6 Å². The molecule has 0 aromatic rings. The molecule has 0 aromatic heterocycles. The van der Waals surface area contributed by atoms with E-state index in [1.807, 2.05) is 0 Å². The fraction of sp³-hybridized carbons (Fsp3) is 0.333. The second-order valence-corrected chi connectivity index (χ2v) is 0.954. The minimum absolute atomic E-state index is 0. The summed E-state index contributed by atoms with van der Waals surface area (Å²) in [5, 5.41) is 16.8. The van der Waals surface area contributed by atoms with Gasteiger partial charge in [-0.3, -0.25) is 12.9 Å². The van der Waals surface area contributed by atoms with Crippen LogP contribution < -0.4 is 24.0 Å². The SMILES string of the molecule is FB(F)F.N#CCC(=O)[O-].[Li+]. The standard InChI is InChI=1S/C3H3NO2.BF3.Li/c4-2-1-3(5)6;2-1(3)4;/h1H2,(H,5,6);;/q;;+1/p-1. The maximum atomic E-state index is 9.67. The van der Waals surface area contributed by atoms with Crippen LogP contribution in [0.5, 0.6) is 0 Å². The molecule has 0 amide bonds. The van der Waals surface area contributed by atoms with Gasteiger partial charge < -0.3 is 9.90 Å². The first-order valence-electron chi connectivity index (χ1n) is 1.99. The molecule has 0 atom stereocenters. The van der Waals surface area contributed by atoms with Crippen LogP contribution in [-0.4, -0.2) is 13.5 Å². The van der Waals surface area contributed by atoms with Gasteiger partial charge in [0.1, 0.15) is 0 Å². The minimum Gasteiger partial charge on any atom is -0.549 e. The number of halogens is 3. The number of nitriles is 1. The van der Waals surface area contributed by atoms with Gasteiger partial charge in [-0.15, -0.1) is 0 Å². The Morgan fingerprint density at radius 3 is 1.82 bits per heavy atom. The summed E-state index contributed by atoms with van der Waals surface area (Å²) in [5.74, 6) is -1.32. The third-order valence-electron chi connectivity index (χ3n) is 0.223. The van der Waals surface area contributed by atoms with E-state index >= 15 is 0 Å². The second-order valence-electron chi connectivity index (χ2n) is 0.954. The molecule has 0 aliphatic rings. The van der Waals surface area contributed by atoms with E-state index in [0.717, 1.165) is 0 Å². The van der Waals surface area contributed by atoms with Crippen molar-refractivity contribution in [2.45, 2.75) is 6.42 Å².